The summed E-state index contributed by atoms with van der Waals surface area (Å²) < 4.78 is 29.2. The number of imidazole rings is 1. The zero-order valence-electron chi connectivity index (χ0n) is 12.5. The Morgan fingerprint density at radius 2 is 2.05 bits per heavy atom. The molecule has 0 radical (unpaired) electrons. The van der Waals surface area contributed by atoms with E-state index < -0.39 is 11.6 Å². The fourth-order valence-corrected chi connectivity index (χ4v) is 2.41. The topological polar surface area (TPSA) is 21.1 Å². The van der Waals surface area contributed by atoms with E-state index in [-0.39, 0.29) is 5.52 Å². The Hall–Kier alpha value is -1.20. The number of hydrogen-bond donors (Lipinski definition) is 0. The molecule has 0 fully saturated rings. The van der Waals surface area contributed by atoms with Crippen molar-refractivity contribution in [2.24, 2.45) is 0 Å². The maximum atomic E-state index is 13.8. The summed E-state index contributed by atoms with van der Waals surface area (Å²) in [6.07, 6.45) is 0.530. The van der Waals surface area contributed by atoms with Crippen molar-refractivity contribution in [2.45, 2.75) is 32.9 Å². The number of aromatic nitrogens is 2. The second kappa shape index (κ2) is 6.71. The predicted octanol–water partition coefficient (Wildman–Crippen LogP) is 3.44. The molecule has 0 saturated carbocycles. The first-order chi connectivity index (χ1) is 9.93. The lowest BCUT2D eigenvalue weighted by molar-refractivity contribution is 0.263. The molecule has 6 heteroatoms. The molecule has 0 amide bonds. The van der Waals surface area contributed by atoms with E-state index in [1.165, 1.54) is 6.07 Å². The van der Waals surface area contributed by atoms with Crippen LogP contribution in [0, 0.1) is 11.6 Å². The fraction of sp³-hybridized carbons (Fsp3) is 0.533. The van der Waals surface area contributed by atoms with Crippen LogP contribution in [-0.4, -0.2) is 40.0 Å². The summed E-state index contributed by atoms with van der Waals surface area (Å²) in [4.78, 5) is 6.46. The number of hydrogen-bond acceptors (Lipinski definition) is 2. The normalized spacial score (nSPS) is 12.0. The summed E-state index contributed by atoms with van der Waals surface area (Å²) in [6, 6.07) is 2.60. The van der Waals surface area contributed by atoms with Crippen LogP contribution in [0.3, 0.4) is 0 Å². The first kappa shape index (κ1) is 16.2. The van der Waals surface area contributed by atoms with Crippen LogP contribution in [0.15, 0.2) is 12.1 Å². The van der Waals surface area contributed by atoms with E-state index in [0.29, 0.717) is 36.2 Å². The van der Waals surface area contributed by atoms with Gasteiger partial charge in [0.2, 0.25) is 0 Å². The van der Waals surface area contributed by atoms with Gasteiger partial charge in [-0.2, -0.15) is 0 Å². The molecule has 0 unspecified atom stereocenters. The van der Waals surface area contributed by atoms with Gasteiger partial charge in [0.1, 0.15) is 17.2 Å². The predicted molar refractivity (Wildman–Crippen MR) is 81.8 cm³/mol. The summed E-state index contributed by atoms with van der Waals surface area (Å²) in [5, 5.41) is 0. The Labute approximate surface area is 128 Å². The first-order valence-corrected chi connectivity index (χ1v) is 7.57. The summed E-state index contributed by atoms with van der Waals surface area (Å²) >= 11 is 5.79. The highest BCUT2D eigenvalue weighted by atomic mass is 35.5. The van der Waals surface area contributed by atoms with Crippen molar-refractivity contribution in [1.82, 2.24) is 14.5 Å². The molecule has 2 aromatic rings. The van der Waals surface area contributed by atoms with Gasteiger partial charge in [-0.1, -0.05) is 0 Å². The smallest absolute Gasteiger partial charge is 0.153 e. The zero-order chi connectivity index (χ0) is 15.6. The third kappa shape index (κ3) is 3.52. The molecule has 0 aliphatic heterocycles. The van der Waals surface area contributed by atoms with Crippen LogP contribution >= 0.6 is 11.6 Å². The van der Waals surface area contributed by atoms with Gasteiger partial charge in [-0.3, -0.25) is 0 Å². The van der Waals surface area contributed by atoms with Gasteiger partial charge in [0, 0.05) is 37.5 Å². The number of rotatable bonds is 6. The van der Waals surface area contributed by atoms with E-state index in [4.69, 9.17) is 11.6 Å². The molecule has 2 rings (SSSR count). The lowest BCUT2D eigenvalue weighted by Gasteiger charge is -2.21. The molecule has 1 heterocycles. The quantitative estimate of drug-likeness (QED) is 0.761. The second-order valence-corrected chi connectivity index (χ2v) is 5.83. The van der Waals surface area contributed by atoms with E-state index in [1.807, 2.05) is 11.6 Å². The van der Waals surface area contributed by atoms with Crippen molar-refractivity contribution in [1.29, 1.82) is 0 Å². The van der Waals surface area contributed by atoms with Crippen molar-refractivity contribution in [3.8, 4) is 0 Å². The minimum atomic E-state index is -0.628. The van der Waals surface area contributed by atoms with Gasteiger partial charge < -0.3 is 9.47 Å². The SMILES string of the molecule is CC(C)N(C)CCn1c(CCCl)nc2c(F)cc(F)cc21. The van der Waals surface area contributed by atoms with E-state index >= 15 is 0 Å². The highest BCUT2D eigenvalue weighted by Crippen LogP contribution is 2.21. The highest BCUT2D eigenvalue weighted by Gasteiger charge is 2.16. The van der Waals surface area contributed by atoms with Gasteiger partial charge in [-0.15, -0.1) is 11.6 Å². The number of aryl methyl sites for hydroxylation is 1. The van der Waals surface area contributed by atoms with Crippen LogP contribution < -0.4 is 0 Å². The number of halogens is 3. The van der Waals surface area contributed by atoms with Crippen LogP contribution in [0.1, 0.15) is 19.7 Å². The molecule has 0 aliphatic carbocycles. The maximum absolute atomic E-state index is 13.8. The van der Waals surface area contributed by atoms with Gasteiger partial charge >= 0.3 is 0 Å². The molecule has 21 heavy (non-hydrogen) atoms. The molecule has 0 N–H and O–H groups in total. The van der Waals surface area contributed by atoms with Crippen LogP contribution in [0.5, 0.6) is 0 Å². The van der Waals surface area contributed by atoms with Gasteiger partial charge in [0.05, 0.1) is 5.52 Å². The fourth-order valence-electron chi connectivity index (χ4n) is 2.24. The molecule has 3 nitrogen and oxygen atoms in total. The molecule has 0 spiro atoms. The lowest BCUT2D eigenvalue weighted by Crippen LogP contribution is -2.30. The Morgan fingerprint density at radius 3 is 2.67 bits per heavy atom. The molecule has 0 bridgehead atoms. The van der Waals surface area contributed by atoms with E-state index in [0.717, 1.165) is 12.6 Å². The van der Waals surface area contributed by atoms with Crippen molar-refractivity contribution in [3.05, 3.63) is 29.6 Å². The molecule has 1 aromatic heterocycles. The van der Waals surface area contributed by atoms with Crippen LogP contribution in [0.2, 0.25) is 0 Å². The van der Waals surface area contributed by atoms with E-state index in [9.17, 15) is 8.78 Å². The first-order valence-electron chi connectivity index (χ1n) is 7.04. The molecule has 0 aliphatic rings. The monoisotopic (exact) mass is 315 g/mol. The highest BCUT2D eigenvalue weighted by molar-refractivity contribution is 6.17. The number of nitrogens with zero attached hydrogens (tertiary/aromatic N) is 3. The van der Waals surface area contributed by atoms with Crippen molar-refractivity contribution in [3.63, 3.8) is 0 Å². The number of benzene rings is 1. The third-order valence-electron chi connectivity index (χ3n) is 3.73. The minimum Gasteiger partial charge on any atom is -0.326 e. The second-order valence-electron chi connectivity index (χ2n) is 5.45. The molecular weight excluding hydrogens is 296 g/mol. The average molecular weight is 316 g/mol. The van der Waals surface area contributed by atoms with Gasteiger partial charge in [0.15, 0.2) is 5.82 Å². The summed E-state index contributed by atoms with van der Waals surface area (Å²) in [5.74, 6) is -0.123. The molecular formula is C15H20ClF2N3. The van der Waals surface area contributed by atoms with E-state index in [1.54, 1.807) is 0 Å². The molecule has 1 aromatic carbocycles. The van der Waals surface area contributed by atoms with Crippen LogP contribution in [-0.2, 0) is 13.0 Å². The Morgan fingerprint density at radius 1 is 1.33 bits per heavy atom. The van der Waals surface area contributed by atoms with Crippen LogP contribution in [0.25, 0.3) is 11.0 Å². The summed E-state index contributed by atoms with van der Waals surface area (Å²) in [6.45, 7) is 5.60. The Balaban J connectivity index is 2.40. The lowest BCUT2D eigenvalue weighted by atomic mass is 10.3. The number of likely N-dealkylation sites (N-methyl/N-ethyl adjacent to an activating group) is 1. The van der Waals surface area contributed by atoms with Crippen molar-refractivity contribution in [2.75, 3.05) is 19.5 Å². The van der Waals surface area contributed by atoms with Crippen molar-refractivity contribution >= 4 is 22.6 Å². The maximum Gasteiger partial charge on any atom is 0.153 e. The van der Waals surface area contributed by atoms with Gasteiger partial charge in [0.25, 0.3) is 0 Å². The van der Waals surface area contributed by atoms with Crippen LogP contribution in [0.4, 0.5) is 8.78 Å². The third-order valence-corrected chi connectivity index (χ3v) is 3.92. The average Bonchev–Trinajstić information content (AvgIpc) is 2.74. The van der Waals surface area contributed by atoms with Gasteiger partial charge in [-0.25, -0.2) is 13.8 Å². The van der Waals surface area contributed by atoms with Gasteiger partial charge in [-0.05, 0) is 27.0 Å². The summed E-state index contributed by atoms with van der Waals surface area (Å²) in [7, 11) is 2.02. The van der Waals surface area contributed by atoms with Crippen molar-refractivity contribution < 1.29 is 8.78 Å². The molecule has 0 saturated heterocycles. The zero-order valence-corrected chi connectivity index (χ0v) is 13.3. The van der Waals surface area contributed by atoms with E-state index in [2.05, 4.69) is 23.7 Å². The number of fused-ring (bicyclic) bond motifs is 1. The molecule has 0 atom stereocenters. The Bertz CT molecular complexity index is 625. The Kier molecular flexibility index (Phi) is 5.17. The standard InChI is InChI=1S/C15H20ClF2N3/c1-10(2)20(3)6-7-21-13-9-11(17)8-12(18)15(13)19-14(21)4-5-16/h8-10H,4-7H2,1-3H3. The largest absolute Gasteiger partial charge is 0.326 e. The summed E-state index contributed by atoms with van der Waals surface area (Å²) in [5.41, 5.74) is 0.702. The minimum absolute atomic E-state index is 0.212. The number of alkyl halides is 1. The molecule has 116 valence electrons.